The van der Waals surface area contributed by atoms with Gasteiger partial charge >= 0.3 is 0 Å². The number of anilines is 1. The van der Waals surface area contributed by atoms with Crippen LogP contribution in [0.25, 0.3) is 0 Å². The minimum Gasteiger partial charge on any atom is -0.377 e. The standard InChI is InChI=1S/C16H19ClN4/c1-5-21-12(4)16(11(3)20-21)10(2)19-15-8-14(17)7-6-13(15)9-18/h6-8,10,19H,5H2,1-4H3. The lowest BCUT2D eigenvalue weighted by atomic mass is 10.1. The first kappa shape index (κ1) is 15.4. The van der Waals surface area contributed by atoms with Gasteiger partial charge in [-0.3, -0.25) is 4.68 Å². The molecule has 2 rings (SSSR count). The van der Waals surface area contributed by atoms with Crippen LogP contribution in [0.5, 0.6) is 0 Å². The predicted molar refractivity (Wildman–Crippen MR) is 85.6 cm³/mol. The Morgan fingerprint density at radius 2 is 2.14 bits per heavy atom. The molecule has 2 aromatic rings. The monoisotopic (exact) mass is 302 g/mol. The Morgan fingerprint density at radius 1 is 1.43 bits per heavy atom. The largest absolute Gasteiger partial charge is 0.377 e. The third kappa shape index (κ3) is 3.03. The number of aryl methyl sites for hydroxylation is 2. The molecule has 0 fully saturated rings. The minimum atomic E-state index is 0.0517. The van der Waals surface area contributed by atoms with Crippen molar-refractivity contribution in [2.24, 2.45) is 0 Å². The van der Waals surface area contributed by atoms with Crippen LogP contribution in [0.15, 0.2) is 18.2 Å². The number of rotatable bonds is 4. The van der Waals surface area contributed by atoms with Gasteiger partial charge in [0.15, 0.2) is 0 Å². The lowest BCUT2D eigenvalue weighted by molar-refractivity contribution is 0.632. The van der Waals surface area contributed by atoms with Crippen molar-refractivity contribution >= 4 is 17.3 Å². The molecule has 4 nitrogen and oxygen atoms in total. The Hall–Kier alpha value is -1.99. The molecular formula is C16H19ClN4. The molecule has 1 aromatic carbocycles. The topological polar surface area (TPSA) is 53.6 Å². The molecule has 0 bridgehead atoms. The molecule has 21 heavy (non-hydrogen) atoms. The van der Waals surface area contributed by atoms with E-state index in [0.29, 0.717) is 10.6 Å². The minimum absolute atomic E-state index is 0.0517. The summed E-state index contributed by atoms with van der Waals surface area (Å²) in [5.74, 6) is 0. The molecule has 0 saturated heterocycles. The third-order valence-electron chi connectivity index (χ3n) is 3.64. The summed E-state index contributed by atoms with van der Waals surface area (Å²) >= 11 is 6.03. The second-order valence-corrected chi connectivity index (χ2v) is 5.50. The highest BCUT2D eigenvalue weighted by molar-refractivity contribution is 6.30. The molecule has 0 aliphatic carbocycles. The summed E-state index contributed by atoms with van der Waals surface area (Å²) < 4.78 is 1.99. The van der Waals surface area contributed by atoms with Gasteiger partial charge < -0.3 is 5.32 Å². The van der Waals surface area contributed by atoms with Crippen LogP contribution in [-0.2, 0) is 6.54 Å². The van der Waals surface area contributed by atoms with Crippen molar-refractivity contribution in [3.05, 3.63) is 45.7 Å². The molecule has 1 heterocycles. The van der Waals surface area contributed by atoms with Crippen LogP contribution in [0.3, 0.4) is 0 Å². The summed E-state index contributed by atoms with van der Waals surface area (Å²) in [4.78, 5) is 0. The first-order chi connectivity index (χ1) is 9.97. The van der Waals surface area contributed by atoms with Gasteiger partial charge in [-0.05, 0) is 45.9 Å². The number of hydrogen-bond donors (Lipinski definition) is 1. The lowest BCUT2D eigenvalue weighted by Crippen LogP contribution is -2.10. The van der Waals surface area contributed by atoms with Crippen LogP contribution >= 0.6 is 11.6 Å². The van der Waals surface area contributed by atoms with Crippen molar-refractivity contribution in [2.45, 2.75) is 40.3 Å². The number of halogens is 1. The molecule has 0 aliphatic rings. The van der Waals surface area contributed by atoms with Gasteiger partial charge in [0.2, 0.25) is 0 Å². The van der Waals surface area contributed by atoms with Crippen molar-refractivity contribution in [3.8, 4) is 6.07 Å². The van der Waals surface area contributed by atoms with E-state index in [4.69, 9.17) is 11.6 Å². The highest BCUT2D eigenvalue weighted by Gasteiger charge is 2.18. The van der Waals surface area contributed by atoms with Gasteiger partial charge in [0.05, 0.1) is 23.0 Å². The van der Waals surface area contributed by atoms with Gasteiger partial charge in [-0.2, -0.15) is 10.4 Å². The van der Waals surface area contributed by atoms with Gasteiger partial charge in [0.1, 0.15) is 6.07 Å². The SMILES string of the molecule is CCn1nc(C)c(C(C)Nc2cc(Cl)ccc2C#N)c1C. The quantitative estimate of drug-likeness (QED) is 0.920. The van der Waals surface area contributed by atoms with Gasteiger partial charge in [-0.15, -0.1) is 0 Å². The van der Waals surface area contributed by atoms with Crippen molar-refractivity contribution in [3.63, 3.8) is 0 Å². The lowest BCUT2D eigenvalue weighted by Gasteiger charge is -2.17. The van der Waals surface area contributed by atoms with E-state index in [1.807, 2.05) is 11.6 Å². The first-order valence-electron chi connectivity index (χ1n) is 6.98. The molecule has 0 spiro atoms. The van der Waals surface area contributed by atoms with Gasteiger partial charge in [0.25, 0.3) is 0 Å². The average Bonchev–Trinajstić information content (AvgIpc) is 2.73. The van der Waals surface area contributed by atoms with E-state index in [-0.39, 0.29) is 6.04 Å². The van der Waals surface area contributed by atoms with E-state index in [9.17, 15) is 5.26 Å². The first-order valence-corrected chi connectivity index (χ1v) is 7.35. The summed E-state index contributed by atoms with van der Waals surface area (Å²) in [7, 11) is 0. The number of benzene rings is 1. The van der Waals surface area contributed by atoms with Crippen LogP contribution < -0.4 is 5.32 Å². The Balaban J connectivity index is 2.35. The molecule has 0 aliphatic heterocycles. The van der Waals surface area contributed by atoms with Crippen molar-refractivity contribution in [1.29, 1.82) is 5.26 Å². The second-order valence-electron chi connectivity index (χ2n) is 5.07. The Bertz CT molecular complexity index is 697. The fourth-order valence-electron chi connectivity index (χ4n) is 2.68. The molecule has 0 radical (unpaired) electrons. The zero-order valence-corrected chi connectivity index (χ0v) is 13.5. The third-order valence-corrected chi connectivity index (χ3v) is 3.88. The van der Waals surface area contributed by atoms with E-state index in [2.05, 4.69) is 37.3 Å². The summed E-state index contributed by atoms with van der Waals surface area (Å²) in [6, 6.07) is 7.47. The van der Waals surface area contributed by atoms with Crippen molar-refractivity contribution < 1.29 is 0 Å². The highest BCUT2D eigenvalue weighted by atomic mass is 35.5. The van der Waals surface area contributed by atoms with E-state index >= 15 is 0 Å². The van der Waals surface area contributed by atoms with Crippen LogP contribution in [-0.4, -0.2) is 9.78 Å². The van der Waals surface area contributed by atoms with E-state index < -0.39 is 0 Å². The summed E-state index contributed by atoms with van der Waals surface area (Å²) in [5.41, 5.74) is 4.66. The number of nitrogens with one attached hydrogen (secondary N) is 1. The normalized spacial score (nSPS) is 12.0. The zero-order chi connectivity index (χ0) is 15.6. The fraction of sp³-hybridized carbons (Fsp3) is 0.375. The number of hydrogen-bond acceptors (Lipinski definition) is 3. The molecule has 1 N–H and O–H groups in total. The van der Waals surface area contributed by atoms with Crippen LogP contribution in [0, 0.1) is 25.2 Å². The van der Waals surface area contributed by atoms with Crippen LogP contribution in [0.4, 0.5) is 5.69 Å². The average molecular weight is 303 g/mol. The molecule has 1 atom stereocenters. The van der Waals surface area contributed by atoms with E-state index in [0.717, 1.165) is 23.6 Å². The molecule has 1 aromatic heterocycles. The van der Waals surface area contributed by atoms with E-state index in [1.165, 1.54) is 5.56 Å². The summed E-state index contributed by atoms with van der Waals surface area (Å²) in [6.45, 7) is 9.07. The van der Waals surface area contributed by atoms with Gasteiger partial charge in [-0.1, -0.05) is 11.6 Å². The maximum absolute atomic E-state index is 9.19. The molecular weight excluding hydrogens is 284 g/mol. The van der Waals surface area contributed by atoms with Crippen molar-refractivity contribution in [1.82, 2.24) is 9.78 Å². The second kappa shape index (κ2) is 6.19. The maximum Gasteiger partial charge on any atom is 0.101 e. The van der Waals surface area contributed by atoms with Crippen LogP contribution in [0.1, 0.15) is 42.4 Å². The zero-order valence-electron chi connectivity index (χ0n) is 12.7. The summed E-state index contributed by atoms with van der Waals surface area (Å²) in [5, 5.41) is 17.7. The molecule has 1 unspecified atom stereocenters. The number of nitrogens with zero attached hydrogens (tertiary/aromatic N) is 3. The highest BCUT2D eigenvalue weighted by Crippen LogP contribution is 2.28. The molecule has 110 valence electrons. The fourth-order valence-corrected chi connectivity index (χ4v) is 2.86. The smallest absolute Gasteiger partial charge is 0.101 e. The molecule has 0 saturated carbocycles. The van der Waals surface area contributed by atoms with E-state index in [1.54, 1.807) is 18.2 Å². The molecule has 0 amide bonds. The number of nitriles is 1. The maximum atomic E-state index is 9.19. The van der Waals surface area contributed by atoms with Gasteiger partial charge in [0, 0.05) is 22.8 Å². The van der Waals surface area contributed by atoms with Crippen LogP contribution in [0.2, 0.25) is 5.02 Å². The Labute approximate surface area is 130 Å². The van der Waals surface area contributed by atoms with Crippen molar-refractivity contribution in [2.75, 3.05) is 5.32 Å². The number of aromatic nitrogens is 2. The molecule has 5 heteroatoms. The van der Waals surface area contributed by atoms with Gasteiger partial charge in [-0.25, -0.2) is 0 Å². The summed E-state index contributed by atoms with van der Waals surface area (Å²) in [6.07, 6.45) is 0. The predicted octanol–water partition coefficient (Wildman–Crippen LogP) is 4.22. The Kier molecular flexibility index (Phi) is 4.54. The Morgan fingerprint density at radius 3 is 2.71 bits per heavy atom.